The summed E-state index contributed by atoms with van der Waals surface area (Å²) in [6.07, 6.45) is 3.25. The van der Waals surface area contributed by atoms with Crippen LogP contribution in [0, 0.1) is 0 Å². The van der Waals surface area contributed by atoms with Gasteiger partial charge in [-0.25, -0.2) is 4.98 Å². The number of hydrogen-bond acceptors (Lipinski definition) is 5. The fourth-order valence-corrected chi connectivity index (χ4v) is 4.55. The Morgan fingerprint density at radius 3 is 3.00 bits per heavy atom. The summed E-state index contributed by atoms with van der Waals surface area (Å²) in [7, 11) is 0. The van der Waals surface area contributed by atoms with E-state index < -0.39 is 0 Å². The molecule has 0 radical (unpaired) electrons. The highest BCUT2D eigenvalue weighted by atomic mass is 32.2. The second-order valence-electron chi connectivity index (χ2n) is 5.32. The van der Waals surface area contributed by atoms with Crippen LogP contribution in [0.4, 0.5) is 5.69 Å². The van der Waals surface area contributed by atoms with E-state index in [0.29, 0.717) is 22.4 Å². The van der Waals surface area contributed by atoms with Crippen LogP contribution in [0.5, 0.6) is 0 Å². The van der Waals surface area contributed by atoms with Crippen LogP contribution in [0.1, 0.15) is 16.6 Å². The summed E-state index contributed by atoms with van der Waals surface area (Å²) in [5.74, 6) is 0.692. The summed E-state index contributed by atoms with van der Waals surface area (Å²) in [5.41, 5.74) is 0.980. The molecule has 0 unspecified atom stereocenters. The number of benzene rings is 1. The Balaban J connectivity index is 1.67. The van der Waals surface area contributed by atoms with Gasteiger partial charge < -0.3 is 9.32 Å². The Kier molecular flexibility index (Phi) is 3.71. The Labute approximate surface area is 142 Å². The van der Waals surface area contributed by atoms with Crippen molar-refractivity contribution in [3.8, 4) is 10.8 Å². The molecule has 1 amide bonds. The van der Waals surface area contributed by atoms with Gasteiger partial charge in [-0.2, -0.15) is 0 Å². The van der Waals surface area contributed by atoms with Gasteiger partial charge in [-0.15, -0.1) is 23.1 Å². The van der Waals surface area contributed by atoms with Crippen LogP contribution >= 0.6 is 23.1 Å². The number of thiazole rings is 1. The monoisotopic (exact) mass is 342 g/mol. The molecule has 3 aromatic rings. The van der Waals surface area contributed by atoms with E-state index in [-0.39, 0.29) is 5.91 Å². The first-order valence-corrected chi connectivity index (χ1v) is 8.99. The van der Waals surface area contributed by atoms with Crippen molar-refractivity contribution in [1.82, 2.24) is 4.98 Å². The van der Waals surface area contributed by atoms with E-state index in [9.17, 15) is 4.79 Å². The Bertz CT molecular complexity index is 842. The Hall–Kier alpha value is -2.05. The second kappa shape index (κ2) is 5.86. The lowest BCUT2D eigenvalue weighted by molar-refractivity contribution is 0.0990. The molecule has 0 fully saturated rings. The number of carbonyl (C=O) groups is 1. The standard InChI is InChI=1S/C17H14N2O2S2/c1-11-10-19(12-5-2-3-7-14(12)22-11)17(20)15-9-18-16(23-15)13-6-4-8-21-13/h2-9,11H,10H2,1H3/t11-/m1/s1. The highest BCUT2D eigenvalue weighted by molar-refractivity contribution is 8.00. The number of thioether (sulfide) groups is 1. The van der Waals surface area contributed by atoms with Crippen LogP contribution in [0.25, 0.3) is 10.8 Å². The summed E-state index contributed by atoms with van der Waals surface area (Å²) >= 11 is 3.18. The first-order chi connectivity index (χ1) is 11.2. The van der Waals surface area contributed by atoms with E-state index in [1.54, 1.807) is 12.5 Å². The SMILES string of the molecule is C[C@@H]1CN(C(=O)c2cnc(-c3ccco3)s2)c2ccccc2S1. The molecule has 1 atom stereocenters. The molecule has 1 aliphatic rings. The van der Waals surface area contributed by atoms with Crippen LogP contribution in [-0.4, -0.2) is 22.7 Å². The summed E-state index contributed by atoms with van der Waals surface area (Å²) in [4.78, 5) is 20.9. The molecule has 0 bridgehead atoms. The zero-order valence-corrected chi connectivity index (χ0v) is 14.1. The number of anilines is 1. The fraction of sp³-hybridized carbons (Fsp3) is 0.176. The van der Waals surface area contributed by atoms with Gasteiger partial charge in [0.05, 0.1) is 18.1 Å². The number of hydrogen-bond donors (Lipinski definition) is 0. The first-order valence-electron chi connectivity index (χ1n) is 7.29. The largest absolute Gasteiger partial charge is 0.462 e. The molecule has 1 aromatic carbocycles. The third-order valence-electron chi connectivity index (χ3n) is 3.62. The van der Waals surface area contributed by atoms with Gasteiger partial charge in [0.15, 0.2) is 10.8 Å². The molecule has 4 rings (SSSR count). The van der Waals surface area contributed by atoms with Gasteiger partial charge in [-0.05, 0) is 24.3 Å². The van der Waals surface area contributed by atoms with Crippen molar-refractivity contribution in [2.75, 3.05) is 11.4 Å². The Morgan fingerprint density at radius 1 is 1.30 bits per heavy atom. The number of amides is 1. The zero-order valence-electron chi connectivity index (χ0n) is 12.4. The van der Waals surface area contributed by atoms with E-state index >= 15 is 0 Å². The summed E-state index contributed by atoms with van der Waals surface area (Å²) in [5, 5.41) is 1.09. The lowest BCUT2D eigenvalue weighted by Crippen LogP contribution is -2.38. The number of carbonyl (C=O) groups excluding carboxylic acids is 1. The number of fused-ring (bicyclic) bond motifs is 1. The van der Waals surface area contributed by atoms with E-state index in [1.807, 2.05) is 47.0 Å². The highest BCUT2D eigenvalue weighted by Crippen LogP contribution is 2.39. The van der Waals surface area contributed by atoms with Crippen molar-refractivity contribution in [2.24, 2.45) is 0 Å². The molecule has 6 heteroatoms. The molecular weight excluding hydrogens is 328 g/mol. The average Bonchev–Trinajstić information content (AvgIpc) is 3.24. The predicted molar refractivity (Wildman–Crippen MR) is 93.3 cm³/mol. The van der Waals surface area contributed by atoms with Gasteiger partial charge >= 0.3 is 0 Å². The van der Waals surface area contributed by atoms with E-state index in [2.05, 4.69) is 18.0 Å². The van der Waals surface area contributed by atoms with Gasteiger partial charge in [-0.3, -0.25) is 4.79 Å². The van der Waals surface area contributed by atoms with Crippen molar-refractivity contribution < 1.29 is 9.21 Å². The summed E-state index contributed by atoms with van der Waals surface area (Å²) < 4.78 is 5.35. The average molecular weight is 342 g/mol. The van der Waals surface area contributed by atoms with Crippen molar-refractivity contribution in [1.29, 1.82) is 0 Å². The van der Waals surface area contributed by atoms with Gasteiger partial charge in [0.1, 0.15) is 4.88 Å². The van der Waals surface area contributed by atoms with Gasteiger partial charge in [0.2, 0.25) is 0 Å². The smallest absolute Gasteiger partial charge is 0.270 e. The maximum Gasteiger partial charge on any atom is 0.270 e. The minimum absolute atomic E-state index is 0.0000869. The second-order valence-corrected chi connectivity index (χ2v) is 7.83. The molecule has 4 nitrogen and oxygen atoms in total. The van der Waals surface area contributed by atoms with Crippen LogP contribution in [0.2, 0.25) is 0 Å². The minimum Gasteiger partial charge on any atom is -0.462 e. The first kappa shape index (κ1) is 14.5. The van der Waals surface area contributed by atoms with Crippen molar-refractivity contribution >= 4 is 34.7 Å². The van der Waals surface area contributed by atoms with E-state index in [4.69, 9.17) is 4.42 Å². The third kappa shape index (κ3) is 2.68. The molecule has 23 heavy (non-hydrogen) atoms. The van der Waals surface area contributed by atoms with Gasteiger partial charge in [0.25, 0.3) is 5.91 Å². The van der Waals surface area contributed by atoms with Crippen molar-refractivity contribution in [3.63, 3.8) is 0 Å². The minimum atomic E-state index is -0.0000869. The number of aromatic nitrogens is 1. The normalized spacial score (nSPS) is 17.1. The molecule has 0 saturated carbocycles. The Morgan fingerprint density at radius 2 is 2.17 bits per heavy atom. The zero-order chi connectivity index (χ0) is 15.8. The van der Waals surface area contributed by atoms with Crippen LogP contribution in [0.15, 0.2) is 58.2 Å². The quantitative estimate of drug-likeness (QED) is 0.686. The van der Waals surface area contributed by atoms with Crippen LogP contribution in [0.3, 0.4) is 0 Å². The molecule has 0 saturated heterocycles. The molecule has 116 valence electrons. The summed E-state index contributed by atoms with van der Waals surface area (Å²) in [6.45, 7) is 2.84. The van der Waals surface area contributed by atoms with Crippen LogP contribution in [-0.2, 0) is 0 Å². The molecular formula is C17H14N2O2S2. The third-order valence-corrected chi connectivity index (χ3v) is 5.77. The molecule has 0 aliphatic carbocycles. The van der Waals surface area contributed by atoms with E-state index in [1.165, 1.54) is 11.3 Å². The topological polar surface area (TPSA) is 46.3 Å². The van der Waals surface area contributed by atoms with Gasteiger partial charge in [0, 0.05) is 16.7 Å². The van der Waals surface area contributed by atoms with Crippen LogP contribution < -0.4 is 4.90 Å². The van der Waals surface area contributed by atoms with E-state index in [0.717, 1.165) is 15.6 Å². The van der Waals surface area contributed by atoms with Gasteiger partial charge in [-0.1, -0.05) is 19.1 Å². The number of nitrogens with zero attached hydrogens (tertiary/aromatic N) is 2. The maximum atomic E-state index is 12.9. The van der Waals surface area contributed by atoms with Crippen molar-refractivity contribution in [3.05, 3.63) is 53.7 Å². The predicted octanol–water partition coefficient (Wildman–Crippen LogP) is 4.54. The number of furan rings is 1. The fourth-order valence-electron chi connectivity index (χ4n) is 2.60. The number of rotatable bonds is 2. The molecule has 1 aliphatic heterocycles. The molecule has 0 N–H and O–H groups in total. The lowest BCUT2D eigenvalue weighted by atomic mass is 10.2. The molecule has 3 heterocycles. The molecule has 0 spiro atoms. The van der Waals surface area contributed by atoms with Crippen molar-refractivity contribution in [2.45, 2.75) is 17.1 Å². The molecule has 2 aromatic heterocycles. The number of para-hydroxylation sites is 1. The maximum absolute atomic E-state index is 12.9. The highest BCUT2D eigenvalue weighted by Gasteiger charge is 2.28. The lowest BCUT2D eigenvalue weighted by Gasteiger charge is -2.32. The summed E-state index contributed by atoms with van der Waals surface area (Å²) in [6, 6.07) is 11.7.